The number of aryl methyl sites for hydroxylation is 1. The molecule has 0 aliphatic carbocycles. The van der Waals surface area contributed by atoms with Crippen molar-refractivity contribution in [2.24, 2.45) is 0 Å². The number of ketones is 1. The van der Waals surface area contributed by atoms with E-state index in [9.17, 15) is 14.4 Å². The minimum absolute atomic E-state index is 0.110. The minimum atomic E-state index is -0.983. The Morgan fingerprint density at radius 2 is 2.13 bits per heavy atom. The van der Waals surface area contributed by atoms with E-state index in [0.29, 0.717) is 11.3 Å². The number of hydrogen-bond acceptors (Lipinski definition) is 6. The lowest BCUT2D eigenvalue weighted by Gasteiger charge is -2.14. The van der Waals surface area contributed by atoms with Crippen LogP contribution in [0.15, 0.2) is 22.9 Å². The van der Waals surface area contributed by atoms with Crippen molar-refractivity contribution in [2.45, 2.75) is 33.3 Å². The quantitative estimate of drug-likeness (QED) is 0.622. The van der Waals surface area contributed by atoms with Crippen LogP contribution in [0.3, 0.4) is 0 Å². The van der Waals surface area contributed by atoms with Gasteiger partial charge in [0.2, 0.25) is 0 Å². The zero-order chi connectivity index (χ0) is 17.0. The Morgan fingerprint density at radius 3 is 2.65 bits per heavy atom. The SMILES string of the molecule is CC[C@@H](OC(=O)c1cc(C(C)=O)c[nH]1)C(=O)Nc1cc(C)on1. The number of aromatic amines is 1. The molecule has 0 spiro atoms. The zero-order valence-corrected chi connectivity index (χ0v) is 13.0. The first-order chi connectivity index (χ1) is 10.9. The number of hydrogen-bond donors (Lipinski definition) is 2. The highest BCUT2D eigenvalue weighted by atomic mass is 16.5. The van der Waals surface area contributed by atoms with Crippen molar-refractivity contribution < 1.29 is 23.6 Å². The van der Waals surface area contributed by atoms with Gasteiger partial charge in [0.05, 0.1) is 0 Å². The van der Waals surface area contributed by atoms with Gasteiger partial charge in [-0.15, -0.1) is 0 Å². The molecule has 0 radical (unpaired) electrons. The van der Waals surface area contributed by atoms with Gasteiger partial charge in [-0.25, -0.2) is 4.79 Å². The number of H-pyrrole nitrogens is 1. The number of esters is 1. The third-order valence-corrected chi connectivity index (χ3v) is 3.10. The molecule has 0 unspecified atom stereocenters. The molecule has 2 heterocycles. The highest BCUT2D eigenvalue weighted by Crippen LogP contribution is 2.12. The Morgan fingerprint density at radius 1 is 1.39 bits per heavy atom. The van der Waals surface area contributed by atoms with Crippen LogP contribution < -0.4 is 5.32 Å². The number of anilines is 1. The Labute approximate surface area is 132 Å². The van der Waals surface area contributed by atoms with E-state index >= 15 is 0 Å². The lowest BCUT2D eigenvalue weighted by atomic mass is 10.2. The molecule has 1 atom stereocenters. The van der Waals surface area contributed by atoms with Crippen LogP contribution in [0.25, 0.3) is 0 Å². The first-order valence-electron chi connectivity index (χ1n) is 7.05. The van der Waals surface area contributed by atoms with Crippen LogP contribution in [0.1, 0.15) is 46.9 Å². The van der Waals surface area contributed by atoms with Crippen LogP contribution in [0.5, 0.6) is 0 Å². The molecule has 1 amide bonds. The largest absolute Gasteiger partial charge is 0.448 e. The number of nitrogens with zero attached hydrogens (tertiary/aromatic N) is 1. The summed E-state index contributed by atoms with van der Waals surface area (Å²) in [6.45, 7) is 4.79. The molecule has 0 aliphatic rings. The number of rotatable bonds is 6. The number of ether oxygens (including phenoxy) is 1. The standard InChI is InChI=1S/C15H17N3O5/c1-4-12(14(20)17-13-5-8(2)23-18-13)22-15(21)11-6-10(7-16-11)9(3)19/h5-7,12,16H,4H2,1-3H3,(H,17,18,20)/t12-/m1/s1. The molecule has 8 nitrogen and oxygen atoms in total. The molecule has 0 aliphatic heterocycles. The third kappa shape index (κ3) is 4.06. The monoisotopic (exact) mass is 319 g/mol. The molecule has 122 valence electrons. The van der Waals surface area contributed by atoms with E-state index in [-0.39, 0.29) is 23.7 Å². The first kappa shape index (κ1) is 16.5. The molecule has 0 aromatic carbocycles. The van der Waals surface area contributed by atoms with Crippen molar-refractivity contribution in [1.29, 1.82) is 0 Å². The second kappa shape index (κ2) is 6.91. The summed E-state index contributed by atoms with van der Waals surface area (Å²) in [6, 6.07) is 2.94. The van der Waals surface area contributed by atoms with Crippen molar-refractivity contribution in [1.82, 2.24) is 10.1 Å². The highest BCUT2D eigenvalue weighted by Gasteiger charge is 2.24. The van der Waals surface area contributed by atoms with Gasteiger partial charge in [0.1, 0.15) is 11.5 Å². The molecule has 2 N–H and O–H groups in total. The highest BCUT2D eigenvalue weighted by molar-refractivity contribution is 5.99. The van der Waals surface area contributed by atoms with Crippen molar-refractivity contribution in [3.63, 3.8) is 0 Å². The van der Waals surface area contributed by atoms with E-state index in [2.05, 4.69) is 15.5 Å². The topological polar surface area (TPSA) is 114 Å². The van der Waals surface area contributed by atoms with Gasteiger partial charge in [-0.05, 0) is 26.3 Å². The van der Waals surface area contributed by atoms with Gasteiger partial charge in [-0.2, -0.15) is 0 Å². The Balaban J connectivity index is 2.01. The van der Waals surface area contributed by atoms with Gasteiger partial charge in [0, 0.05) is 17.8 Å². The average Bonchev–Trinajstić information content (AvgIpc) is 3.13. The van der Waals surface area contributed by atoms with E-state index in [1.807, 2.05) is 0 Å². The van der Waals surface area contributed by atoms with Crippen molar-refractivity contribution in [3.05, 3.63) is 35.3 Å². The predicted octanol–water partition coefficient (Wildman–Crippen LogP) is 2.09. The predicted molar refractivity (Wildman–Crippen MR) is 80.2 cm³/mol. The number of carbonyl (C=O) groups is 3. The molecule has 2 rings (SSSR count). The molecule has 0 saturated carbocycles. The maximum atomic E-state index is 12.1. The molecule has 23 heavy (non-hydrogen) atoms. The van der Waals surface area contributed by atoms with Crippen molar-refractivity contribution >= 4 is 23.5 Å². The van der Waals surface area contributed by atoms with Gasteiger partial charge in [-0.1, -0.05) is 12.1 Å². The summed E-state index contributed by atoms with van der Waals surface area (Å²) >= 11 is 0. The fraction of sp³-hybridized carbons (Fsp3) is 0.333. The third-order valence-electron chi connectivity index (χ3n) is 3.10. The minimum Gasteiger partial charge on any atom is -0.448 e. The number of Topliss-reactive ketones (excluding diaryl/α,β-unsaturated/α-hetero) is 1. The fourth-order valence-electron chi connectivity index (χ4n) is 1.86. The Hall–Kier alpha value is -2.90. The summed E-state index contributed by atoms with van der Waals surface area (Å²) in [5.74, 6) is -0.593. The van der Waals surface area contributed by atoms with Crippen LogP contribution in [-0.2, 0) is 9.53 Å². The van der Waals surface area contributed by atoms with Gasteiger partial charge >= 0.3 is 5.97 Å². The van der Waals surface area contributed by atoms with Crippen LogP contribution >= 0.6 is 0 Å². The maximum Gasteiger partial charge on any atom is 0.355 e. The number of amides is 1. The molecule has 8 heteroatoms. The van der Waals surface area contributed by atoms with Crippen LogP contribution in [-0.4, -0.2) is 33.9 Å². The number of carbonyl (C=O) groups excluding carboxylic acids is 3. The second-order valence-electron chi connectivity index (χ2n) is 4.97. The lowest BCUT2D eigenvalue weighted by molar-refractivity contribution is -0.124. The molecular weight excluding hydrogens is 302 g/mol. The van der Waals surface area contributed by atoms with Crippen LogP contribution in [0.4, 0.5) is 5.82 Å². The van der Waals surface area contributed by atoms with Gasteiger partial charge < -0.3 is 19.6 Å². The second-order valence-corrected chi connectivity index (χ2v) is 4.97. The summed E-state index contributed by atoms with van der Waals surface area (Å²) in [7, 11) is 0. The summed E-state index contributed by atoms with van der Waals surface area (Å²) in [5.41, 5.74) is 0.478. The summed E-state index contributed by atoms with van der Waals surface area (Å²) in [5, 5.41) is 6.15. The van der Waals surface area contributed by atoms with Crippen LogP contribution in [0.2, 0.25) is 0 Å². The van der Waals surface area contributed by atoms with Gasteiger partial charge in [0.15, 0.2) is 17.7 Å². The Kier molecular flexibility index (Phi) is 4.95. The first-order valence-corrected chi connectivity index (χ1v) is 7.05. The van der Waals surface area contributed by atoms with Gasteiger partial charge in [0.25, 0.3) is 5.91 Å². The number of nitrogens with one attached hydrogen (secondary N) is 2. The van der Waals surface area contributed by atoms with Crippen molar-refractivity contribution in [2.75, 3.05) is 5.32 Å². The average molecular weight is 319 g/mol. The van der Waals surface area contributed by atoms with Crippen molar-refractivity contribution in [3.8, 4) is 0 Å². The molecule has 2 aromatic heterocycles. The van der Waals surface area contributed by atoms with Crippen LogP contribution in [0, 0.1) is 6.92 Å². The normalized spacial score (nSPS) is 11.8. The van der Waals surface area contributed by atoms with E-state index < -0.39 is 18.0 Å². The van der Waals surface area contributed by atoms with E-state index in [0.717, 1.165) is 0 Å². The maximum absolute atomic E-state index is 12.1. The van der Waals surface area contributed by atoms with Gasteiger partial charge in [-0.3, -0.25) is 9.59 Å². The molecule has 0 fully saturated rings. The van der Waals surface area contributed by atoms with E-state index in [4.69, 9.17) is 9.26 Å². The smallest absolute Gasteiger partial charge is 0.355 e. The van der Waals surface area contributed by atoms with E-state index in [1.165, 1.54) is 19.2 Å². The lowest BCUT2D eigenvalue weighted by Crippen LogP contribution is -2.32. The summed E-state index contributed by atoms with van der Waals surface area (Å²) in [4.78, 5) is 38.0. The zero-order valence-electron chi connectivity index (χ0n) is 13.0. The number of aromatic nitrogens is 2. The van der Waals surface area contributed by atoms with E-state index in [1.54, 1.807) is 19.9 Å². The molecular formula is C15H17N3O5. The fourth-order valence-corrected chi connectivity index (χ4v) is 1.86. The summed E-state index contributed by atoms with van der Waals surface area (Å²) < 4.78 is 10.0. The summed E-state index contributed by atoms with van der Waals surface area (Å²) in [6.07, 6.45) is 0.718. The molecule has 2 aromatic rings. The molecule has 0 bridgehead atoms. The molecule has 0 saturated heterocycles. The Bertz CT molecular complexity index is 731.